The number of methoxy groups -OCH3 is 1. The molecule has 0 saturated carbocycles. The van der Waals surface area contributed by atoms with Gasteiger partial charge in [0.1, 0.15) is 0 Å². The zero-order chi connectivity index (χ0) is 21.9. The van der Waals surface area contributed by atoms with Crippen LogP contribution in [-0.4, -0.2) is 82.2 Å². The Bertz CT molecular complexity index is 659. The quantitative estimate of drug-likeness (QED) is 0.336. The molecule has 31 heavy (non-hydrogen) atoms. The lowest BCUT2D eigenvalue weighted by molar-refractivity contribution is 0.0536. The van der Waals surface area contributed by atoms with Crippen molar-refractivity contribution in [1.29, 1.82) is 0 Å². The van der Waals surface area contributed by atoms with E-state index in [1.165, 1.54) is 11.3 Å². The van der Waals surface area contributed by atoms with Crippen LogP contribution < -0.4 is 10.2 Å². The topological polar surface area (TPSA) is 69.6 Å². The Morgan fingerprint density at radius 2 is 1.84 bits per heavy atom. The minimum atomic E-state index is 0.317. The van der Waals surface area contributed by atoms with Crippen LogP contribution in [0.15, 0.2) is 29.3 Å². The molecule has 0 aromatic heterocycles. The molecule has 2 aliphatic heterocycles. The molecule has 2 aliphatic rings. The molecule has 1 aromatic rings. The minimum absolute atomic E-state index is 0.317. The lowest BCUT2D eigenvalue weighted by Crippen LogP contribution is -2.40. The highest BCUT2D eigenvalue weighted by molar-refractivity contribution is 5.80. The van der Waals surface area contributed by atoms with Crippen molar-refractivity contribution >= 4 is 11.6 Å². The van der Waals surface area contributed by atoms with E-state index in [1.54, 1.807) is 7.11 Å². The molecule has 2 saturated heterocycles. The Kier molecular flexibility index (Phi) is 9.90. The summed E-state index contributed by atoms with van der Waals surface area (Å²) in [5.41, 5.74) is 2.50. The predicted octanol–water partition coefficient (Wildman–Crippen LogP) is 2.35. The largest absolute Gasteiger partial charge is 0.396 e. The molecule has 7 heteroatoms. The molecule has 0 spiro atoms. The molecule has 1 unspecified atom stereocenters. The molecule has 1 aromatic carbocycles. The molecule has 7 nitrogen and oxygen atoms in total. The number of aliphatic hydroxyl groups excluding tert-OH is 1. The summed E-state index contributed by atoms with van der Waals surface area (Å²) in [6.07, 6.45) is 3.28. The van der Waals surface area contributed by atoms with Crippen LogP contribution in [0.25, 0.3) is 0 Å². The Morgan fingerprint density at radius 1 is 1.10 bits per heavy atom. The van der Waals surface area contributed by atoms with Gasteiger partial charge in [-0.2, -0.15) is 0 Å². The van der Waals surface area contributed by atoms with Crippen molar-refractivity contribution in [3.8, 4) is 0 Å². The van der Waals surface area contributed by atoms with Gasteiger partial charge in [-0.05, 0) is 49.8 Å². The molecular weight excluding hydrogens is 392 g/mol. The lowest BCUT2D eigenvalue weighted by atomic mass is 9.97. The van der Waals surface area contributed by atoms with Crippen molar-refractivity contribution in [1.82, 2.24) is 10.2 Å². The number of hydrogen-bond acceptors (Lipinski definition) is 5. The van der Waals surface area contributed by atoms with E-state index in [4.69, 9.17) is 14.5 Å². The van der Waals surface area contributed by atoms with Gasteiger partial charge in [-0.15, -0.1) is 0 Å². The number of aliphatic hydroxyl groups is 1. The van der Waals surface area contributed by atoms with E-state index in [2.05, 4.69) is 46.3 Å². The molecule has 2 heterocycles. The second-order valence-electron chi connectivity index (χ2n) is 8.62. The first-order chi connectivity index (χ1) is 15.2. The lowest BCUT2D eigenvalue weighted by Gasteiger charge is -2.32. The summed E-state index contributed by atoms with van der Waals surface area (Å²) in [7, 11) is 1.70. The van der Waals surface area contributed by atoms with Crippen molar-refractivity contribution in [3.63, 3.8) is 0 Å². The van der Waals surface area contributed by atoms with Crippen molar-refractivity contribution in [2.45, 2.75) is 32.7 Å². The van der Waals surface area contributed by atoms with Crippen LogP contribution in [0.5, 0.6) is 0 Å². The second kappa shape index (κ2) is 12.9. The SMILES string of the molecule is CCNC(=NCc1ccc(N2CCC(CO)CC2)cc1)N1CCC(COCCOC)C1. The average molecular weight is 433 g/mol. The van der Waals surface area contributed by atoms with Gasteiger partial charge in [0.15, 0.2) is 5.96 Å². The Hall–Kier alpha value is -1.83. The molecule has 174 valence electrons. The van der Waals surface area contributed by atoms with Gasteiger partial charge >= 0.3 is 0 Å². The van der Waals surface area contributed by atoms with Crippen molar-refractivity contribution in [3.05, 3.63) is 29.8 Å². The predicted molar refractivity (Wildman–Crippen MR) is 126 cm³/mol. The Morgan fingerprint density at radius 3 is 2.52 bits per heavy atom. The van der Waals surface area contributed by atoms with Crippen LogP contribution in [0.4, 0.5) is 5.69 Å². The maximum atomic E-state index is 9.33. The summed E-state index contributed by atoms with van der Waals surface area (Å²) in [5.74, 6) is 2.02. The van der Waals surface area contributed by atoms with Gasteiger partial charge in [0.05, 0.1) is 26.4 Å². The molecule has 2 fully saturated rings. The standard InChI is InChI=1S/C24H40N4O3/c1-3-25-24(28-13-10-22(17-28)19-31-15-14-30-2)26-16-20-4-6-23(7-5-20)27-11-8-21(18-29)9-12-27/h4-7,21-22,29H,3,8-19H2,1-2H3,(H,25,26). The number of likely N-dealkylation sites (tertiary alicyclic amines) is 1. The van der Waals surface area contributed by atoms with Crippen LogP contribution in [0.1, 0.15) is 31.7 Å². The van der Waals surface area contributed by atoms with Gasteiger partial charge < -0.3 is 29.7 Å². The van der Waals surface area contributed by atoms with Crippen molar-refractivity contribution in [2.24, 2.45) is 16.8 Å². The molecule has 0 aliphatic carbocycles. The smallest absolute Gasteiger partial charge is 0.194 e. The summed E-state index contributed by atoms with van der Waals surface area (Å²) in [4.78, 5) is 9.68. The highest BCUT2D eigenvalue weighted by atomic mass is 16.5. The number of benzene rings is 1. The normalized spacial score (nSPS) is 20.5. The van der Waals surface area contributed by atoms with Crippen LogP contribution in [0, 0.1) is 11.8 Å². The zero-order valence-electron chi connectivity index (χ0n) is 19.3. The van der Waals surface area contributed by atoms with E-state index in [-0.39, 0.29) is 0 Å². The van der Waals surface area contributed by atoms with Gasteiger partial charge in [0.2, 0.25) is 0 Å². The van der Waals surface area contributed by atoms with Crippen LogP contribution in [0.2, 0.25) is 0 Å². The number of nitrogens with zero attached hydrogens (tertiary/aromatic N) is 3. The number of nitrogens with one attached hydrogen (secondary N) is 1. The maximum absolute atomic E-state index is 9.33. The highest BCUT2D eigenvalue weighted by Crippen LogP contribution is 2.23. The van der Waals surface area contributed by atoms with E-state index in [1.807, 2.05) is 0 Å². The molecular formula is C24H40N4O3. The maximum Gasteiger partial charge on any atom is 0.194 e. The molecule has 0 radical (unpaired) electrons. The Balaban J connectivity index is 1.50. The van der Waals surface area contributed by atoms with Gasteiger partial charge in [0, 0.05) is 58.0 Å². The number of aliphatic imine (C=N–C) groups is 1. The average Bonchev–Trinajstić information content (AvgIpc) is 3.29. The monoisotopic (exact) mass is 432 g/mol. The first-order valence-electron chi connectivity index (χ1n) is 11.8. The number of rotatable bonds is 10. The number of ether oxygens (including phenoxy) is 2. The minimum Gasteiger partial charge on any atom is -0.396 e. The Labute approximate surface area is 187 Å². The van der Waals surface area contributed by atoms with Crippen LogP contribution in [0.3, 0.4) is 0 Å². The number of hydrogen-bond donors (Lipinski definition) is 2. The second-order valence-corrected chi connectivity index (χ2v) is 8.62. The summed E-state index contributed by atoms with van der Waals surface area (Å²) in [6.45, 7) is 10.1. The van der Waals surface area contributed by atoms with Crippen LogP contribution >= 0.6 is 0 Å². The van der Waals surface area contributed by atoms with Crippen molar-refractivity contribution < 1.29 is 14.6 Å². The fourth-order valence-electron chi connectivity index (χ4n) is 4.33. The fraction of sp³-hybridized carbons (Fsp3) is 0.708. The third-order valence-electron chi connectivity index (χ3n) is 6.29. The van der Waals surface area contributed by atoms with E-state index in [9.17, 15) is 5.11 Å². The molecule has 0 amide bonds. The van der Waals surface area contributed by atoms with Gasteiger partial charge in [-0.1, -0.05) is 12.1 Å². The third-order valence-corrected chi connectivity index (χ3v) is 6.29. The van der Waals surface area contributed by atoms with Crippen molar-refractivity contribution in [2.75, 3.05) is 71.2 Å². The number of piperidine rings is 1. The molecule has 2 N–H and O–H groups in total. The zero-order valence-corrected chi connectivity index (χ0v) is 19.3. The summed E-state index contributed by atoms with van der Waals surface area (Å²) in [5, 5.41) is 12.8. The summed E-state index contributed by atoms with van der Waals surface area (Å²) >= 11 is 0. The highest BCUT2D eigenvalue weighted by Gasteiger charge is 2.25. The van der Waals surface area contributed by atoms with E-state index < -0.39 is 0 Å². The first-order valence-corrected chi connectivity index (χ1v) is 11.8. The summed E-state index contributed by atoms with van der Waals surface area (Å²) in [6, 6.07) is 8.80. The molecule has 1 atom stereocenters. The molecule has 3 rings (SSSR count). The van der Waals surface area contributed by atoms with E-state index in [0.717, 1.165) is 64.6 Å². The van der Waals surface area contributed by atoms with E-state index >= 15 is 0 Å². The summed E-state index contributed by atoms with van der Waals surface area (Å²) < 4.78 is 10.8. The number of guanidine groups is 1. The third kappa shape index (κ3) is 7.37. The van der Waals surface area contributed by atoms with E-state index in [0.29, 0.717) is 38.2 Å². The first kappa shape index (κ1) is 23.8. The molecule has 0 bridgehead atoms. The van der Waals surface area contributed by atoms with Gasteiger partial charge in [-0.25, -0.2) is 4.99 Å². The van der Waals surface area contributed by atoms with Gasteiger partial charge in [0.25, 0.3) is 0 Å². The number of anilines is 1. The van der Waals surface area contributed by atoms with Crippen LogP contribution in [-0.2, 0) is 16.0 Å². The van der Waals surface area contributed by atoms with Gasteiger partial charge in [-0.3, -0.25) is 0 Å². The fourth-order valence-corrected chi connectivity index (χ4v) is 4.33.